The van der Waals surface area contributed by atoms with Crippen LogP contribution in [0.25, 0.3) is 0 Å². The van der Waals surface area contributed by atoms with Crippen LogP contribution in [0.3, 0.4) is 0 Å². The molecule has 1 heterocycles. The Hall–Kier alpha value is -1.59. The molecule has 0 amide bonds. The summed E-state index contributed by atoms with van der Waals surface area (Å²) in [5.41, 5.74) is 0.967. The van der Waals surface area contributed by atoms with Crippen molar-refractivity contribution in [3.63, 3.8) is 0 Å². The minimum atomic E-state index is -0.528. The monoisotopic (exact) mass is 333 g/mol. The zero-order valence-corrected chi connectivity index (χ0v) is 14.9. The highest BCUT2D eigenvalue weighted by Crippen LogP contribution is 2.63. The number of hydrogen-bond acceptors (Lipinski definition) is 5. The van der Waals surface area contributed by atoms with E-state index in [1.807, 2.05) is 20.0 Å². The molecule has 132 valence electrons. The van der Waals surface area contributed by atoms with E-state index in [-0.39, 0.29) is 17.6 Å². The maximum atomic E-state index is 12.4. The van der Waals surface area contributed by atoms with Crippen molar-refractivity contribution in [2.75, 3.05) is 20.7 Å². The molecule has 5 nitrogen and oxygen atoms in total. The number of fused-ring (bicyclic) bond motifs is 2. The van der Waals surface area contributed by atoms with Gasteiger partial charge in [0.15, 0.2) is 11.5 Å². The van der Waals surface area contributed by atoms with Crippen LogP contribution in [0.15, 0.2) is 12.1 Å². The fourth-order valence-electron chi connectivity index (χ4n) is 4.37. The molecule has 5 heteroatoms. The summed E-state index contributed by atoms with van der Waals surface area (Å²) in [6.45, 7) is 4.72. The van der Waals surface area contributed by atoms with Crippen molar-refractivity contribution in [1.82, 2.24) is 5.32 Å². The topological polar surface area (TPSA) is 71.1 Å². The molecular weight excluding hydrogens is 306 g/mol. The van der Waals surface area contributed by atoms with Crippen LogP contribution < -0.4 is 10.1 Å². The molecule has 1 saturated heterocycles. The molecule has 24 heavy (non-hydrogen) atoms. The Kier molecular flexibility index (Phi) is 4.34. The lowest BCUT2D eigenvalue weighted by Gasteiger charge is -2.42. The van der Waals surface area contributed by atoms with Crippen LogP contribution in [0.2, 0.25) is 0 Å². The molecule has 1 aromatic carbocycles. The number of methoxy groups -OCH3 is 1. The Labute approximate surface area is 143 Å². The Bertz CT molecular complexity index is 659. The third-order valence-corrected chi connectivity index (χ3v) is 5.92. The largest absolute Gasteiger partial charge is 0.504 e. The first-order chi connectivity index (χ1) is 11.4. The van der Waals surface area contributed by atoms with E-state index in [1.165, 1.54) is 0 Å². The lowest BCUT2D eigenvalue weighted by molar-refractivity contribution is -0.120. The van der Waals surface area contributed by atoms with Gasteiger partial charge < -0.3 is 19.9 Å². The molecule has 3 atom stereocenters. The highest BCUT2D eigenvalue weighted by molar-refractivity contribution is 5.81. The van der Waals surface area contributed by atoms with Gasteiger partial charge in [-0.05, 0) is 38.6 Å². The molecule has 0 bridgehead atoms. The molecule has 0 aromatic heterocycles. The maximum Gasteiger partial charge on any atom is 0.161 e. The molecule has 2 aliphatic rings. The molecule has 1 fully saturated rings. The molecule has 1 aromatic rings. The van der Waals surface area contributed by atoms with Gasteiger partial charge >= 0.3 is 0 Å². The van der Waals surface area contributed by atoms with Crippen LogP contribution in [-0.2, 0) is 21.4 Å². The minimum absolute atomic E-state index is 0.110. The van der Waals surface area contributed by atoms with Gasteiger partial charge in [-0.1, -0.05) is 13.0 Å². The second kappa shape index (κ2) is 6.05. The number of aromatic hydroxyl groups is 1. The average molecular weight is 333 g/mol. The molecule has 3 rings (SSSR count). The SMILES string of the molecule is CCC(=O)C[C@]1(CCNC)c2c(ccc(OC)c2O)CC2OC21C. The Morgan fingerprint density at radius 3 is 2.88 bits per heavy atom. The standard InChI is InChI=1S/C19H27NO4/c1-5-13(21)11-19(8-9-20-3)16-12(10-15-18(19,2)24-15)6-7-14(23-4)17(16)22/h6-7,15,20,22H,5,8-11H2,1-4H3/t15?,18?,19-/m1/s1. The van der Waals surface area contributed by atoms with Crippen molar-refractivity contribution in [2.45, 2.75) is 56.7 Å². The van der Waals surface area contributed by atoms with E-state index in [2.05, 4.69) is 12.2 Å². The summed E-state index contributed by atoms with van der Waals surface area (Å²) in [5.74, 6) is 0.802. The molecule has 2 unspecified atom stereocenters. The first kappa shape index (κ1) is 17.2. The molecule has 0 saturated carbocycles. The van der Waals surface area contributed by atoms with Crippen LogP contribution in [-0.4, -0.2) is 43.3 Å². The number of nitrogens with one attached hydrogen (secondary N) is 1. The number of phenols is 1. The van der Waals surface area contributed by atoms with Crippen molar-refractivity contribution in [1.29, 1.82) is 0 Å². The number of hydrogen-bond donors (Lipinski definition) is 2. The predicted octanol–water partition coefficient (Wildman–Crippen LogP) is 2.33. The van der Waals surface area contributed by atoms with Crippen LogP contribution in [0.4, 0.5) is 0 Å². The summed E-state index contributed by atoms with van der Waals surface area (Å²) in [5, 5.41) is 14.1. The lowest BCUT2D eigenvalue weighted by atomic mass is 9.59. The summed E-state index contributed by atoms with van der Waals surface area (Å²) in [4.78, 5) is 12.4. The highest BCUT2D eigenvalue weighted by atomic mass is 16.6. The van der Waals surface area contributed by atoms with Crippen molar-refractivity contribution in [3.05, 3.63) is 23.3 Å². The average Bonchev–Trinajstić information content (AvgIpc) is 3.24. The second-order valence-electron chi connectivity index (χ2n) is 7.07. The summed E-state index contributed by atoms with van der Waals surface area (Å²) in [6.07, 6.45) is 2.48. The number of Topliss-reactive ketones (excluding diaryl/α,β-unsaturated/α-hetero) is 1. The second-order valence-corrected chi connectivity index (χ2v) is 7.07. The number of rotatable bonds is 7. The smallest absolute Gasteiger partial charge is 0.161 e. The van der Waals surface area contributed by atoms with Gasteiger partial charge in [0.05, 0.1) is 13.2 Å². The van der Waals surface area contributed by atoms with Crippen LogP contribution in [0, 0.1) is 0 Å². The van der Waals surface area contributed by atoms with E-state index in [4.69, 9.17) is 9.47 Å². The minimum Gasteiger partial charge on any atom is -0.504 e. The fraction of sp³-hybridized carbons (Fsp3) is 0.632. The number of phenolic OH excluding ortho intramolecular Hbond substituents is 1. The number of carbonyl (C=O) groups is 1. The summed E-state index contributed by atoms with van der Waals surface area (Å²) < 4.78 is 11.4. The summed E-state index contributed by atoms with van der Waals surface area (Å²) >= 11 is 0. The van der Waals surface area contributed by atoms with E-state index in [9.17, 15) is 9.90 Å². The van der Waals surface area contributed by atoms with Gasteiger partial charge in [-0.25, -0.2) is 0 Å². The van der Waals surface area contributed by atoms with E-state index >= 15 is 0 Å². The van der Waals surface area contributed by atoms with Crippen molar-refractivity contribution in [2.24, 2.45) is 0 Å². The quantitative estimate of drug-likeness (QED) is 0.750. The number of ketones is 1. The molecule has 1 aliphatic carbocycles. The number of carbonyl (C=O) groups excluding carboxylic acids is 1. The fourth-order valence-corrected chi connectivity index (χ4v) is 4.37. The van der Waals surface area contributed by atoms with Gasteiger partial charge in [-0.2, -0.15) is 0 Å². The predicted molar refractivity (Wildman–Crippen MR) is 91.8 cm³/mol. The number of epoxide rings is 1. The first-order valence-corrected chi connectivity index (χ1v) is 8.67. The van der Waals surface area contributed by atoms with Gasteiger partial charge in [0, 0.05) is 30.2 Å². The van der Waals surface area contributed by atoms with E-state index in [0.29, 0.717) is 18.6 Å². The third kappa shape index (κ3) is 2.33. The molecular formula is C19H27NO4. The van der Waals surface area contributed by atoms with Crippen LogP contribution >= 0.6 is 0 Å². The highest BCUT2D eigenvalue weighted by Gasteiger charge is 2.69. The summed E-state index contributed by atoms with van der Waals surface area (Å²) in [6, 6.07) is 3.80. The lowest BCUT2D eigenvalue weighted by Crippen LogP contribution is -2.49. The number of benzene rings is 1. The normalized spacial score (nSPS) is 30.4. The van der Waals surface area contributed by atoms with E-state index in [1.54, 1.807) is 13.2 Å². The van der Waals surface area contributed by atoms with Crippen molar-refractivity contribution in [3.8, 4) is 11.5 Å². The van der Waals surface area contributed by atoms with Gasteiger partial charge in [0.25, 0.3) is 0 Å². The summed E-state index contributed by atoms with van der Waals surface area (Å²) in [7, 11) is 3.45. The van der Waals surface area contributed by atoms with E-state index in [0.717, 1.165) is 30.5 Å². The Morgan fingerprint density at radius 2 is 2.25 bits per heavy atom. The molecule has 0 spiro atoms. The zero-order valence-electron chi connectivity index (χ0n) is 14.9. The van der Waals surface area contributed by atoms with E-state index < -0.39 is 11.0 Å². The Balaban J connectivity index is 2.20. The third-order valence-electron chi connectivity index (χ3n) is 5.92. The number of ether oxygens (including phenoxy) is 2. The van der Waals surface area contributed by atoms with Crippen LogP contribution in [0.1, 0.15) is 44.2 Å². The molecule has 1 aliphatic heterocycles. The van der Waals surface area contributed by atoms with Gasteiger partial charge in [0.2, 0.25) is 0 Å². The maximum absolute atomic E-state index is 12.4. The van der Waals surface area contributed by atoms with Gasteiger partial charge in [0.1, 0.15) is 11.4 Å². The molecule has 2 N–H and O–H groups in total. The molecule has 0 radical (unpaired) electrons. The van der Waals surface area contributed by atoms with Crippen LogP contribution in [0.5, 0.6) is 11.5 Å². The van der Waals surface area contributed by atoms with Gasteiger partial charge in [-0.15, -0.1) is 0 Å². The Morgan fingerprint density at radius 1 is 1.50 bits per heavy atom. The van der Waals surface area contributed by atoms with Crippen molar-refractivity contribution < 1.29 is 19.4 Å². The first-order valence-electron chi connectivity index (χ1n) is 8.67. The zero-order chi connectivity index (χ0) is 17.5. The van der Waals surface area contributed by atoms with Gasteiger partial charge in [-0.3, -0.25) is 4.79 Å². The van der Waals surface area contributed by atoms with Crippen molar-refractivity contribution >= 4 is 5.78 Å².